The maximum Gasteiger partial charge on any atom is 0.427 e. The summed E-state index contributed by atoms with van der Waals surface area (Å²) in [5.41, 5.74) is 1.71. The van der Waals surface area contributed by atoms with Crippen molar-refractivity contribution in [1.29, 1.82) is 0 Å². The van der Waals surface area contributed by atoms with Crippen LogP contribution in [0, 0.1) is 0 Å². The molecule has 1 rings (SSSR count). The van der Waals surface area contributed by atoms with Gasteiger partial charge in [0.2, 0.25) is 0 Å². The molecule has 0 fully saturated rings. The second-order valence-electron chi connectivity index (χ2n) is 5.15. The Hall–Kier alpha value is -2.03. The number of halogens is 1. The molecule has 122 valence electrons. The Labute approximate surface area is 136 Å². The first-order valence-electron chi connectivity index (χ1n) is 6.45. The van der Waals surface area contributed by atoms with Gasteiger partial charge in [0.25, 0.3) is 0 Å². The van der Waals surface area contributed by atoms with Gasteiger partial charge >= 0.3 is 12.1 Å². The summed E-state index contributed by atoms with van der Waals surface area (Å²) in [7, 11) is 0. The van der Waals surface area contributed by atoms with E-state index < -0.39 is 23.4 Å². The zero-order valence-corrected chi connectivity index (χ0v) is 14.3. The fourth-order valence-corrected chi connectivity index (χ4v) is 1.75. The number of hydrogen-bond acceptors (Lipinski definition) is 6. The standard InChI is InChI=1S/C13H18BrN3O5/c1-5-21-10(19)6-8(18)11-15-9(14)7-17(11)16-12(20)22-13(2,3)4/h6-7,18H,5H2,1-4H3,(H,16,20)/b8-6-. The van der Waals surface area contributed by atoms with E-state index in [0.29, 0.717) is 4.60 Å². The molecule has 8 nitrogen and oxygen atoms in total. The Morgan fingerprint density at radius 1 is 1.50 bits per heavy atom. The van der Waals surface area contributed by atoms with Crippen LogP contribution in [0.25, 0.3) is 5.76 Å². The summed E-state index contributed by atoms with van der Waals surface area (Å²) in [6.07, 6.45) is 1.53. The van der Waals surface area contributed by atoms with E-state index in [-0.39, 0.29) is 12.4 Å². The third-order valence-electron chi connectivity index (χ3n) is 2.06. The zero-order chi connectivity index (χ0) is 16.9. The summed E-state index contributed by atoms with van der Waals surface area (Å²) in [6, 6.07) is 0. The number of ether oxygens (including phenoxy) is 2. The molecule has 0 radical (unpaired) electrons. The number of nitrogens with one attached hydrogen (secondary N) is 1. The van der Waals surface area contributed by atoms with E-state index in [1.165, 1.54) is 6.20 Å². The van der Waals surface area contributed by atoms with Gasteiger partial charge in [-0.3, -0.25) is 0 Å². The van der Waals surface area contributed by atoms with Gasteiger partial charge in [0.15, 0.2) is 11.6 Å². The molecule has 1 aromatic heterocycles. The number of carbonyl (C=O) groups excluding carboxylic acids is 2. The molecule has 0 atom stereocenters. The van der Waals surface area contributed by atoms with E-state index in [1.54, 1.807) is 27.7 Å². The Morgan fingerprint density at radius 2 is 2.14 bits per heavy atom. The lowest BCUT2D eigenvalue weighted by atomic mass is 10.2. The van der Waals surface area contributed by atoms with Gasteiger partial charge in [-0.15, -0.1) is 0 Å². The van der Waals surface area contributed by atoms with Gasteiger partial charge in [-0.1, -0.05) is 0 Å². The van der Waals surface area contributed by atoms with Crippen molar-refractivity contribution in [3.05, 3.63) is 22.7 Å². The molecule has 0 saturated heterocycles. The van der Waals surface area contributed by atoms with Crippen molar-refractivity contribution in [2.45, 2.75) is 33.3 Å². The van der Waals surface area contributed by atoms with Crippen molar-refractivity contribution >= 4 is 33.8 Å². The first-order valence-corrected chi connectivity index (χ1v) is 7.24. The summed E-state index contributed by atoms with van der Waals surface area (Å²) >= 11 is 3.12. The first kappa shape index (κ1) is 18.0. The minimum atomic E-state index is -0.734. The second-order valence-corrected chi connectivity index (χ2v) is 5.97. The highest BCUT2D eigenvalue weighted by Gasteiger charge is 2.19. The molecule has 1 amide bonds. The number of esters is 1. The van der Waals surface area contributed by atoms with Crippen molar-refractivity contribution < 1.29 is 24.2 Å². The van der Waals surface area contributed by atoms with Gasteiger partial charge < -0.3 is 14.6 Å². The van der Waals surface area contributed by atoms with Crippen LogP contribution in [-0.2, 0) is 14.3 Å². The Bertz CT molecular complexity index is 589. The number of nitrogens with zero attached hydrogens (tertiary/aromatic N) is 2. The molecular formula is C13H18BrN3O5. The lowest BCUT2D eigenvalue weighted by Crippen LogP contribution is -2.32. The summed E-state index contributed by atoms with van der Waals surface area (Å²) in [5, 5.41) is 9.92. The maximum atomic E-state index is 11.7. The zero-order valence-electron chi connectivity index (χ0n) is 12.7. The number of carbonyl (C=O) groups is 2. The molecule has 0 aliphatic carbocycles. The minimum Gasteiger partial charge on any atom is -0.504 e. The third kappa shape index (κ3) is 5.76. The van der Waals surface area contributed by atoms with Crippen molar-refractivity contribution in [2.24, 2.45) is 0 Å². The van der Waals surface area contributed by atoms with Crippen LogP contribution >= 0.6 is 15.9 Å². The molecule has 0 aromatic carbocycles. The predicted molar refractivity (Wildman–Crippen MR) is 82.8 cm³/mol. The number of aliphatic hydroxyl groups is 1. The van der Waals surface area contributed by atoms with Crippen molar-refractivity contribution in [1.82, 2.24) is 9.66 Å². The highest BCUT2D eigenvalue weighted by molar-refractivity contribution is 9.10. The van der Waals surface area contributed by atoms with Crippen molar-refractivity contribution in [2.75, 3.05) is 12.0 Å². The van der Waals surface area contributed by atoms with Crippen LogP contribution in [-0.4, -0.2) is 39.0 Å². The molecule has 0 aliphatic rings. The molecule has 0 spiro atoms. The molecule has 0 saturated carbocycles. The van der Waals surface area contributed by atoms with Gasteiger partial charge in [-0.2, -0.15) is 0 Å². The van der Waals surface area contributed by atoms with Crippen LogP contribution in [0.1, 0.15) is 33.5 Å². The summed E-state index contributed by atoms with van der Waals surface area (Å²) < 4.78 is 11.3. The van der Waals surface area contributed by atoms with E-state index in [1.807, 2.05) is 0 Å². The predicted octanol–water partition coefficient (Wildman–Crippen LogP) is 2.59. The molecule has 1 heterocycles. The molecule has 1 aromatic rings. The summed E-state index contributed by atoms with van der Waals surface area (Å²) in [4.78, 5) is 27.0. The normalized spacial score (nSPS) is 12.0. The second kappa shape index (κ2) is 7.30. The van der Waals surface area contributed by atoms with Gasteiger partial charge in [0, 0.05) is 0 Å². The Balaban J connectivity index is 2.94. The monoisotopic (exact) mass is 375 g/mol. The molecule has 0 bridgehead atoms. The molecule has 0 aliphatic heterocycles. The fraction of sp³-hybridized carbons (Fsp3) is 0.462. The van der Waals surface area contributed by atoms with E-state index in [0.717, 1.165) is 10.8 Å². The van der Waals surface area contributed by atoms with Crippen LogP contribution in [0.5, 0.6) is 0 Å². The molecule has 2 N–H and O–H groups in total. The number of hydrogen-bond donors (Lipinski definition) is 2. The Kier molecular flexibility index (Phi) is 5.98. The summed E-state index contributed by atoms with van der Waals surface area (Å²) in [5.74, 6) is -1.23. The van der Waals surface area contributed by atoms with Gasteiger partial charge in [0.1, 0.15) is 10.2 Å². The van der Waals surface area contributed by atoms with Crippen molar-refractivity contribution in [3.8, 4) is 0 Å². The average molecular weight is 376 g/mol. The minimum absolute atomic E-state index is 0.0502. The average Bonchev–Trinajstić information content (AvgIpc) is 2.67. The van der Waals surface area contributed by atoms with Gasteiger partial charge in [0.05, 0.1) is 18.9 Å². The third-order valence-corrected chi connectivity index (χ3v) is 2.44. The van der Waals surface area contributed by atoms with E-state index in [4.69, 9.17) is 9.47 Å². The molecular weight excluding hydrogens is 358 g/mol. The number of aliphatic hydroxyl groups excluding tert-OH is 1. The SMILES string of the molecule is CCOC(=O)/C=C(\O)c1nc(Br)cn1NC(=O)OC(C)(C)C. The highest BCUT2D eigenvalue weighted by Crippen LogP contribution is 2.15. The van der Waals surface area contributed by atoms with Crippen molar-refractivity contribution in [3.63, 3.8) is 0 Å². The van der Waals surface area contributed by atoms with Crippen LogP contribution < -0.4 is 5.43 Å². The number of amides is 1. The fourth-order valence-electron chi connectivity index (χ4n) is 1.38. The summed E-state index contributed by atoms with van der Waals surface area (Å²) in [6.45, 7) is 6.97. The molecule has 0 unspecified atom stereocenters. The van der Waals surface area contributed by atoms with Crippen LogP contribution in [0.2, 0.25) is 0 Å². The molecule has 22 heavy (non-hydrogen) atoms. The quantitative estimate of drug-likeness (QED) is 0.476. The lowest BCUT2D eigenvalue weighted by molar-refractivity contribution is -0.137. The van der Waals surface area contributed by atoms with Crippen LogP contribution in [0.4, 0.5) is 4.79 Å². The van der Waals surface area contributed by atoms with Gasteiger partial charge in [-0.05, 0) is 43.6 Å². The largest absolute Gasteiger partial charge is 0.504 e. The Morgan fingerprint density at radius 3 is 2.68 bits per heavy atom. The van der Waals surface area contributed by atoms with E-state index in [9.17, 15) is 14.7 Å². The van der Waals surface area contributed by atoms with Crippen LogP contribution in [0.3, 0.4) is 0 Å². The van der Waals surface area contributed by atoms with E-state index >= 15 is 0 Å². The first-order chi connectivity index (χ1) is 10.1. The maximum absolute atomic E-state index is 11.7. The van der Waals surface area contributed by atoms with E-state index in [2.05, 4.69) is 26.3 Å². The number of aromatic nitrogens is 2. The van der Waals surface area contributed by atoms with Gasteiger partial charge in [-0.25, -0.2) is 24.7 Å². The highest BCUT2D eigenvalue weighted by atomic mass is 79.9. The number of rotatable bonds is 4. The number of imidazole rings is 1. The lowest BCUT2D eigenvalue weighted by Gasteiger charge is -2.20. The molecule has 9 heteroatoms. The topological polar surface area (TPSA) is 103 Å². The van der Waals surface area contributed by atoms with Crippen LogP contribution in [0.15, 0.2) is 16.9 Å². The smallest absolute Gasteiger partial charge is 0.427 e.